The van der Waals surface area contributed by atoms with E-state index in [1.54, 1.807) is 7.11 Å². The number of ether oxygens (including phenoxy) is 2. The Morgan fingerprint density at radius 1 is 1.64 bits per heavy atom. The molecule has 0 unspecified atom stereocenters. The first-order valence-electron chi connectivity index (χ1n) is 3.28. The molecule has 0 bridgehead atoms. The summed E-state index contributed by atoms with van der Waals surface area (Å²) < 4.78 is 9.66. The minimum Gasteiger partial charge on any atom is -0.382 e. The summed E-state index contributed by atoms with van der Waals surface area (Å²) in [5.41, 5.74) is 0. The number of hydrogen-bond donors (Lipinski definition) is 1. The summed E-state index contributed by atoms with van der Waals surface area (Å²) in [5.74, 6) is -0.234. The summed E-state index contributed by atoms with van der Waals surface area (Å²) in [7, 11) is 1.59. The topological polar surface area (TPSA) is 47.6 Å². The molecule has 4 heteroatoms. The van der Waals surface area contributed by atoms with Crippen LogP contribution in [0, 0.1) is 0 Å². The van der Waals surface area contributed by atoms with Crippen molar-refractivity contribution in [3.05, 3.63) is 12.7 Å². The van der Waals surface area contributed by atoms with Crippen LogP contribution in [0.25, 0.3) is 0 Å². The minimum absolute atomic E-state index is 0.203. The lowest BCUT2D eigenvalue weighted by Gasteiger charge is -2.02. The number of carbonyl (C=O) groups excluding carboxylic acids is 1. The van der Waals surface area contributed by atoms with Gasteiger partial charge in [0.25, 0.3) is 0 Å². The molecule has 4 nitrogen and oxygen atoms in total. The number of methoxy groups -OCH3 is 1. The van der Waals surface area contributed by atoms with Crippen molar-refractivity contribution in [3.8, 4) is 0 Å². The van der Waals surface area contributed by atoms with E-state index in [9.17, 15) is 4.79 Å². The lowest BCUT2D eigenvalue weighted by molar-refractivity contribution is -0.118. The first-order chi connectivity index (χ1) is 5.31. The van der Waals surface area contributed by atoms with Gasteiger partial charge < -0.3 is 14.8 Å². The van der Waals surface area contributed by atoms with Crippen molar-refractivity contribution >= 4 is 5.91 Å². The van der Waals surface area contributed by atoms with E-state index in [1.165, 1.54) is 6.08 Å². The van der Waals surface area contributed by atoms with Gasteiger partial charge in [0.1, 0.15) is 6.73 Å². The molecule has 0 heterocycles. The van der Waals surface area contributed by atoms with Gasteiger partial charge in [0.05, 0.1) is 13.2 Å². The van der Waals surface area contributed by atoms with Gasteiger partial charge in [-0.3, -0.25) is 4.79 Å². The maximum absolute atomic E-state index is 10.5. The lowest BCUT2D eigenvalue weighted by Crippen LogP contribution is -2.24. The highest BCUT2D eigenvalue weighted by Gasteiger charge is 1.90. The Morgan fingerprint density at radius 2 is 2.36 bits per heavy atom. The molecule has 0 atom stereocenters. The zero-order valence-corrected chi connectivity index (χ0v) is 6.63. The standard InChI is InChI=1S/C7H13NO3/c1-3-7(9)8-6-11-5-4-10-2/h3H,1,4-6H2,2H3,(H,8,9). The van der Waals surface area contributed by atoms with E-state index in [-0.39, 0.29) is 12.6 Å². The van der Waals surface area contributed by atoms with Crippen LogP contribution in [-0.4, -0.2) is 33.0 Å². The summed E-state index contributed by atoms with van der Waals surface area (Å²) in [6.45, 7) is 4.50. The third-order valence-electron chi connectivity index (χ3n) is 0.966. The number of rotatable bonds is 6. The SMILES string of the molecule is C=CC(=O)NCOCCOC. The lowest BCUT2D eigenvalue weighted by atomic mass is 10.6. The van der Waals surface area contributed by atoms with Crippen LogP contribution >= 0.6 is 0 Å². The summed E-state index contributed by atoms with van der Waals surface area (Å²) in [4.78, 5) is 10.5. The molecule has 0 spiro atoms. The first-order valence-corrected chi connectivity index (χ1v) is 3.28. The maximum Gasteiger partial charge on any atom is 0.245 e. The maximum atomic E-state index is 10.5. The van der Waals surface area contributed by atoms with Crippen molar-refractivity contribution < 1.29 is 14.3 Å². The van der Waals surface area contributed by atoms with Gasteiger partial charge in [0, 0.05) is 7.11 Å². The molecule has 0 aliphatic rings. The van der Waals surface area contributed by atoms with E-state index in [0.717, 1.165) is 0 Å². The molecule has 1 N–H and O–H groups in total. The molecule has 0 aromatic rings. The Morgan fingerprint density at radius 3 is 2.91 bits per heavy atom. The van der Waals surface area contributed by atoms with Crippen molar-refractivity contribution in [2.45, 2.75) is 0 Å². The number of carbonyl (C=O) groups is 1. The summed E-state index contributed by atoms with van der Waals surface area (Å²) >= 11 is 0. The highest BCUT2D eigenvalue weighted by molar-refractivity contribution is 5.86. The molecule has 0 aliphatic heterocycles. The predicted molar refractivity (Wildman–Crippen MR) is 41.0 cm³/mol. The van der Waals surface area contributed by atoms with Crippen LogP contribution in [0.5, 0.6) is 0 Å². The normalized spacial score (nSPS) is 9.18. The van der Waals surface area contributed by atoms with Gasteiger partial charge in [-0.2, -0.15) is 0 Å². The summed E-state index contributed by atoms with van der Waals surface area (Å²) in [6, 6.07) is 0. The molecule has 0 rings (SSSR count). The van der Waals surface area contributed by atoms with Gasteiger partial charge in [-0.1, -0.05) is 6.58 Å². The third-order valence-corrected chi connectivity index (χ3v) is 0.966. The number of amides is 1. The fourth-order valence-corrected chi connectivity index (χ4v) is 0.409. The zero-order valence-electron chi connectivity index (χ0n) is 6.63. The molecule has 0 saturated carbocycles. The van der Waals surface area contributed by atoms with Gasteiger partial charge in [-0.05, 0) is 6.08 Å². The van der Waals surface area contributed by atoms with Gasteiger partial charge in [-0.25, -0.2) is 0 Å². The largest absolute Gasteiger partial charge is 0.382 e. The zero-order chi connectivity index (χ0) is 8.53. The Balaban J connectivity index is 3.01. The van der Waals surface area contributed by atoms with Crippen LogP contribution < -0.4 is 5.32 Å². The molecule has 0 radical (unpaired) electrons. The van der Waals surface area contributed by atoms with Gasteiger partial charge >= 0.3 is 0 Å². The van der Waals surface area contributed by atoms with Crippen LogP contribution in [-0.2, 0) is 14.3 Å². The van der Waals surface area contributed by atoms with Crippen LogP contribution in [0.4, 0.5) is 0 Å². The second kappa shape index (κ2) is 7.24. The molecule has 11 heavy (non-hydrogen) atoms. The second-order valence-electron chi connectivity index (χ2n) is 1.79. The fraction of sp³-hybridized carbons (Fsp3) is 0.571. The minimum atomic E-state index is -0.234. The summed E-state index contributed by atoms with van der Waals surface area (Å²) in [5, 5.41) is 2.46. The van der Waals surface area contributed by atoms with Crippen LogP contribution in [0.15, 0.2) is 12.7 Å². The van der Waals surface area contributed by atoms with E-state index in [4.69, 9.17) is 9.47 Å². The van der Waals surface area contributed by atoms with Crippen molar-refractivity contribution in [2.75, 3.05) is 27.1 Å². The van der Waals surface area contributed by atoms with E-state index in [1.807, 2.05) is 0 Å². The Hall–Kier alpha value is -0.870. The summed E-state index contributed by atoms with van der Waals surface area (Å²) in [6.07, 6.45) is 1.19. The van der Waals surface area contributed by atoms with E-state index < -0.39 is 0 Å². The molecule has 0 saturated heterocycles. The molecule has 0 aliphatic carbocycles. The smallest absolute Gasteiger partial charge is 0.245 e. The van der Waals surface area contributed by atoms with Crippen LogP contribution in [0.3, 0.4) is 0 Å². The highest BCUT2D eigenvalue weighted by atomic mass is 16.5. The van der Waals surface area contributed by atoms with Crippen molar-refractivity contribution in [1.82, 2.24) is 5.32 Å². The van der Waals surface area contributed by atoms with Crippen molar-refractivity contribution in [3.63, 3.8) is 0 Å². The molecule has 64 valence electrons. The third kappa shape index (κ3) is 7.02. The van der Waals surface area contributed by atoms with Gasteiger partial charge in [0.2, 0.25) is 5.91 Å². The molecular formula is C7H13NO3. The highest BCUT2D eigenvalue weighted by Crippen LogP contribution is 1.73. The molecule has 0 fully saturated rings. The van der Waals surface area contributed by atoms with Gasteiger partial charge in [0.15, 0.2) is 0 Å². The Labute approximate surface area is 66.2 Å². The quantitative estimate of drug-likeness (QED) is 0.335. The first kappa shape index (κ1) is 10.1. The predicted octanol–water partition coefficient (Wildman–Crippen LogP) is -0.0909. The van der Waals surface area contributed by atoms with E-state index in [0.29, 0.717) is 13.2 Å². The van der Waals surface area contributed by atoms with Crippen LogP contribution in [0.2, 0.25) is 0 Å². The molecule has 1 amide bonds. The van der Waals surface area contributed by atoms with Gasteiger partial charge in [-0.15, -0.1) is 0 Å². The van der Waals surface area contributed by atoms with E-state index >= 15 is 0 Å². The molecule has 0 aromatic carbocycles. The van der Waals surface area contributed by atoms with Crippen molar-refractivity contribution in [1.29, 1.82) is 0 Å². The van der Waals surface area contributed by atoms with E-state index in [2.05, 4.69) is 11.9 Å². The second-order valence-corrected chi connectivity index (χ2v) is 1.79. The van der Waals surface area contributed by atoms with Crippen LogP contribution in [0.1, 0.15) is 0 Å². The Bertz CT molecular complexity index is 125. The number of hydrogen-bond acceptors (Lipinski definition) is 3. The molecule has 0 aromatic heterocycles. The Kier molecular flexibility index (Phi) is 6.67. The van der Waals surface area contributed by atoms with Crippen molar-refractivity contribution in [2.24, 2.45) is 0 Å². The fourth-order valence-electron chi connectivity index (χ4n) is 0.409. The number of nitrogens with one attached hydrogen (secondary N) is 1. The average Bonchev–Trinajstić information content (AvgIpc) is 2.04. The molecular weight excluding hydrogens is 146 g/mol. The average molecular weight is 159 g/mol. The monoisotopic (exact) mass is 159 g/mol.